The summed E-state index contributed by atoms with van der Waals surface area (Å²) in [5.41, 5.74) is 0.0146. The lowest BCUT2D eigenvalue weighted by Gasteiger charge is -2.22. The molecule has 1 rings (SSSR count). The minimum Gasteiger partial charge on any atom is -0.298 e. The maximum Gasteiger partial charge on any atom is 0.267 e. The standard InChI is InChI=1S/C9H12Br2N2O/c1-9(2,4-10)5-13-6-12-3-7(11)8(13)14/h3,6H,4-5H2,1-2H3. The lowest BCUT2D eigenvalue weighted by molar-refractivity contribution is 0.346. The molecule has 0 aliphatic heterocycles. The Morgan fingerprint density at radius 2 is 2.21 bits per heavy atom. The van der Waals surface area contributed by atoms with Crippen molar-refractivity contribution in [3.8, 4) is 0 Å². The molecular weight excluding hydrogens is 312 g/mol. The maximum absolute atomic E-state index is 11.6. The van der Waals surface area contributed by atoms with E-state index < -0.39 is 0 Å². The van der Waals surface area contributed by atoms with Crippen LogP contribution in [0.25, 0.3) is 0 Å². The average molecular weight is 324 g/mol. The topological polar surface area (TPSA) is 34.9 Å². The Balaban J connectivity index is 2.99. The van der Waals surface area contributed by atoms with Crippen LogP contribution in [0.1, 0.15) is 13.8 Å². The highest BCUT2D eigenvalue weighted by Gasteiger charge is 2.17. The first-order chi connectivity index (χ1) is 6.46. The van der Waals surface area contributed by atoms with Crippen molar-refractivity contribution in [3.63, 3.8) is 0 Å². The smallest absolute Gasteiger partial charge is 0.267 e. The first kappa shape index (κ1) is 11.9. The lowest BCUT2D eigenvalue weighted by atomic mass is 9.97. The van der Waals surface area contributed by atoms with Gasteiger partial charge >= 0.3 is 0 Å². The number of aromatic nitrogens is 2. The van der Waals surface area contributed by atoms with E-state index in [2.05, 4.69) is 50.7 Å². The van der Waals surface area contributed by atoms with Crippen LogP contribution in [-0.2, 0) is 6.54 Å². The summed E-state index contributed by atoms with van der Waals surface area (Å²) in [4.78, 5) is 15.6. The van der Waals surface area contributed by atoms with E-state index in [1.165, 1.54) is 6.20 Å². The summed E-state index contributed by atoms with van der Waals surface area (Å²) in [5, 5.41) is 0.846. The molecule has 0 aliphatic rings. The Kier molecular flexibility index (Phi) is 3.89. The summed E-state index contributed by atoms with van der Waals surface area (Å²) in [6.07, 6.45) is 3.08. The molecule has 0 spiro atoms. The summed E-state index contributed by atoms with van der Waals surface area (Å²) >= 11 is 6.59. The molecule has 5 heteroatoms. The Bertz CT molecular complexity index is 373. The van der Waals surface area contributed by atoms with Crippen LogP contribution in [0.15, 0.2) is 21.8 Å². The lowest BCUT2D eigenvalue weighted by Crippen LogP contribution is -2.29. The van der Waals surface area contributed by atoms with Gasteiger partial charge in [0.1, 0.15) is 4.47 Å². The second-order valence-electron chi connectivity index (χ2n) is 3.97. The highest BCUT2D eigenvalue weighted by Crippen LogP contribution is 2.19. The van der Waals surface area contributed by atoms with Gasteiger partial charge in [0.15, 0.2) is 0 Å². The molecule has 0 aliphatic carbocycles. The number of hydrogen-bond acceptors (Lipinski definition) is 2. The minimum absolute atomic E-state index is 0.0333. The van der Waals surface area contributed by atoms with Crippen LogP contribution < -0.4 is 5.56 Å². The molecule has 1 aromatic rings. The van der Waals surface area contributed by atoms with E-state index in [4.69, 9.17) is 0 Å². The van der Waals surface area contributed by atoms with Crippen LogP contribution in [0, 0.1) is 5.41 Å². The molecule has 0 radical (unpaired) electrons. The molecule has 0 bridgehead atoms. The predicted octanol–water partition coefficient (Wildman–Crippen LogP) is 2.43. The van der Waals surface area contributed by atoms with Gasteiger partial charge in [0.05, 0.1) is 6.33 Å². The SMILES string of the molecule is CC(C)(CBr)Cn1cncc(Br)c1=O. The molecule has 3 nitrogen and oxygen atoms in total. The molecule has 0 saturated carbocycles. The molecule has 78 valence electrons. The van der Waals surface area contributed by atoms with Crippen molar-refractivity contribution in [2.75, 3.05) is 5.33 Å². The van der Waals surface area contributed by atoms with Gasteiger partial charge in [-0.1, -0.05) is 29.8 Å². The molecule has 0 fully saturated rings. The Hall–Kier alpha value is -0.160. The monoisotopic (exact) mass is 322 g/mol. The molecule has 14 heavy (non-hydrogen) atoms. The molecular formula is C9H12Br2N2O. The van der Waals surface area contributed by atoms with E-state index in [9.17, 15) is 4.79 Å². The summed E-state index contributed by atoms with van der Waals surface area (Å²) in [5.74, 6) is 0. The molecule has 0 amide bonds. The van der Waals surface area contributed by atoms with Crippen LogP contribution in [0.3, 0.4) is 0 Å². The second kappa shape index (κ2) is 4.57. The van der Waals surface area contributed by atoms with Crippen molar-refractivity contribution in [1.82, 2.24) is 9.55 Å². The Labute approximate surface area is 99.8 Å². The van der Waals surface area contributed by atoms with Gasteiger partial charge in [0, 0.05) is 18.1 Å². The van der Waals surface area contributed by atoms with E-state index in [1.54, 1.807) is 10.9 Å². The predicted molar refractivity (Wildman–Crippen MR) is 63.8 cm³/mol. The molecule has 0 aromatic carbocycles. The molecule has 0 saturated heterocycles. The van der Waals surface area contributed by atoms with E-state index in [0.29, 0.717) is 11.0 Å². The number of alkyl halides is 1. The fraction of sp³-hybridized carbons (Fsp3) is 0.556. The van der Waals surface area contributed by atoms with Crippen LogP contribution >= 0.6 is 31.9 Å². The van der Waals surface area contributed by atoms with Crippen LogP contribution in [-0.4, -0.2) is 14.9 Å². The molecule has 0 unspecified atom stereocenters. The Morgan fingerprint density at radius 1 is 1.57 bits per heavy atom. The van der Waals surface area contributed by atoms with Crippen molar-refractivity contribution in [2.45, 2.75) is 20.4 Å². The van der Waals surface area contributed by atoms with Crippen molar-refractivity contribution in [3.05, 3.63) is 27.4 Å². The molecule has 0 atom stereocenters. The Morgan fingerprint density at radius 3 is 2.79 bits per heavy atom. The van der Waals surface area contributed by atoms with Gasteiger partial charge in [-0.3, -0.25) is 9.36 Å². The molecule has 1 heterocycles. The van der Waals surface area contributed by atoms with Gasteiger partial charge in [-0.05, 0) is 21.3 Å². The minimum atomic E-state index is -0.0333. The van der Waals surface area contributed by atoms with Crippen LogP contribution in [0.2, 0.25) is 0 Å². The fourth-order valence-electron chi connectivity index (χ4n) is 1.04. The third kappa shape index (κ3) is 2.92. The fourth-order valence-corrected chi connectivity index (χ4v) is 1.56. The van der Waals surface area contributed by atoms with E-state index in [1.807, 2.05) is 0 Å². The number of rotatable bonds is 3. The van der Waals surface area contributed by atoms with Gasteiger partial charge in [-0.25, -0.2) is 4.98 Å². The first-order valence-corrected chi connectivity index (χ1v) is 6.14. The highest BCUT2D eigenvalue weighted by atomic mass is 79.9. The van der Waals surface area contributed by atoms with Gasteiger partial charge in [0.25, 0.3) is 5.56 Å². The van der Waals surface area contributed by atoms with Crippen molar-refractivity contribution in [2.24, 2.45) is 5.41 Å². The third-order valence-electron chi connectivity index (χ3n) is 1.82. The number of nitrogens with zero attached hydrogens (tertiary/aromatic N) is 2. The zero-order chi connectivity index (χ0) is 10.8. The molecule has 0 N–H and O–H groups in total. The highest BCUT2D eigenvalue weighted by molar-refractivity contribution is 9.10. The third-order valence-corrected chi connectivity index (χ3v) is 3.88. The van der Waals surface area contributed by atoms with E-state index >= 15 is 0 Å². The van der Waals surface area contributed by atoms with E-state index in [-0.39, 0.29) is 11.0 Å². The zero-order valence-corrected chi connectivity index (χ0v) is 11.3. The second-order valence-corrected chi connectivity index (χ2v) is 5.39. The van der Waals surface area contributed by atoms with Gasteiger partial charge in [-0.2, -0.15) is 0 Å². The van der Waals surface area contributed by atoms with Crippen LogP contribution in [0.5, 0.6) is 0 Å². The van der Waals surface area contributed by atoms with Gasteiger partial charge in [-0.15, -0.1) is 0 Å². The van der Waals surface area contributed by atoms with Crippen molar-refractivity contribution >= 4 is 31.9 Å². The van der Waals surface area contributed by atoms with Crippen LogP contribution in [0.4, 0.5) is 0 Å². The van der Waals surface area contributed by atoms with Gasteiger partial charge in [0.2, 0.25) is 0 Å². The first-order valence-electron chi connectivity index (χ1n) is 4.22. The summed E-state index contributed by atoms with van der Waals surface area (Å²) in [6, 6.07) is 0. The van der Waals surface area contributed by atoms with Gasteiger partial charge < -0.3 is 0 Å². The quantitative estimate of drug-likeness (QED) is 0.801. The summed E-state index contributed by atoms with van der Waals surface area (Å²) in [7, 11) is 0. The number of halogens is 2. The summed E-state index contributed by atoms with van der Waals surface area (Å²) < 4.78 is 2.12. The number of hydrogen-bond donors (Lipinski definition) is 0. The van der Waals surface area contributed by atoms with E-state index in [0.717, 1.165) is 5.33 Å². The average Bonchev–Trinajstić information content (AvgIpc) is 2.13. The normalized spacial score (nSPS) is 11.7. The maximum atomic E-state index is 11.6. The van der Waals surface area contributed by atoms with Crippen molar-refractivity contribution < 1.29 is 0 Å². The largest absolute Gasteiger partial charge is 0.298 e. The zero-order valence-electron chi connectivity index (χ0n) is 8.13. The summed E-state index contributed by atoms with van der Waals surface area (Å²) in [6.45, 7) is 4.84. The molecule has 1 aromatic heterocycles. The van der Waals surface area contributed by atoms with Crippen molar-refractivity contribution in [1.29, 1.82) is 0 Å².